The first-order chi connectivity index (χ1) is 13.1. The summed E-state index contributed by atoms with van der Waals surface area (Å²) in [5.41, 5.74) is -0.420. The van der Waals surface area contributed by atoms with Crippen LogP contribution < -0.4 is 10.4 Å². The lowest BCUT2D eigenvalue weighted by Crippen LogP contribution is -2.68. The molecule has 1 fully saturated rings. The van der Waals surface area contributed by atoms with Crippen LogP contribution in [0.2, 0.25) is 0 Å². The van der Waals surface area contributed by atoms with E-state index in [0.717, 1.165) is 10.4 Å². The van der Waals surface area contributed by atoms with Crippen molar-refractivity contribution in [2.45, 2.75) is 26.1 Å². The largest absolute Gasteiger partial charge is 0.393 e. The Hall–Kier alpha value is -1.96. The summed E-state index contributed by atoms with van der Waals surface area (Å²) in [6.07, 6.45) is 1.19. The standard InChI is InChI=1S/C21H27NO4SSi/c1-21(2,3)18-19(23)22(20(18)27(4,24)25)15-26-28(16-11-7-5-8-12-16)17-13-9-6-10-14-17/h5-14,18,20,28H,15H2,1-4H3. The van der Waals surface area contributed by atoms with Gasteiger partial charge in [-0.15, -0.1) is 0 Å². The molecule has 3 rings (SSSR count). The molecule has 0 aliphatic carbocycles. The van der Waals surface area contributed by atoms with Gasteiger partial charge in [0.15, 0.2) is 9.84 Å². The zero-order valence-corrected chi connectivity index (χ0v) is 18.7. The number of likely N-dealkylation sites (tertiary alicyclic amines) is 1. The van der Waals surface area contributed by atoms with E-state index in [1.54, 1.807) is 0 Å². The van der Waals surface area contributed by atoms with Crippen LogP contribution in [0.1, 0.15) is 20.8 Å². The number of hydrogen-bond acceptors (Lipinski definition) is 4. The second kappa shape index (κ2) is 7.81. The third-order valence-corrected chi connectivity index (χ3v) is 8.97. The Labute approximate surface area is 169 Å². The lowest BCUT2D eigenvalue weighted by atomic mass is 9.75. The zero-order chi connectivity index (χ0) is 20.5. The van der Waals surface area contributed by atoms with Gasteiger partial charge in [-0.2, -0.15) is 0 Å². The van der Waals surface area contributed by atoms with Crippen LogP contribution in [-0.2, 0) is 19.1 Å². The molecule has 7 heteroatoms. The van der Waals surface area contributed by atoms with E-state index in [2.05, 4.69) is 0 Å². The average Bonchev–Trinajstić information content (AvgIpc) is 2.62. The van der Waals surface area contributed by atoms with Crippen molar-refractivity contribution in [3.63, 3.8) is 0 Å². The molecule has 0 bridgehead atoms. The average molecular weight is 418 g/mol. The van der Waals surface area contributed by atoms with E-state index < -0.39 is 35.6 Å². The third-order valence-electron chi connectivity index (χ3n) is 5.10. The molecule has 1 heterocycles. The molecule has 28 heavy (non-hydrogen) atoms. The Morgan fingerprint density at radius 2 is 1.43 bits per heavy atom. The molecule has 2 aromatic rings. The molecule has 5 nitrogen and oxygen atoms in total. The van der Waals surface area contributed by atoms with Crippen LogP contribution in [0.3, 0.4) is 0 Å². The first-order valence-electron chi connectivity index (χ1n) is 9.31. The second-order valence-electron chi connectivity index (χ2n) is 8.37. The number of β-lactam (4-membered cyclic amide) rings is 1. The summed E-state index contributed by atoms with van der Waals surface area (Å²) in [6, 6.07) is 19.8. The van der Waals surface area contributed by atoms with Crippen molar-refractivity contribution in [1.29, 1.82) is 0 Å². The molecule has 0 N–H and O–H groups in total. The summed E-state index contributed by atoms with van der Waals surface area (Å²) in [4.78, 5) is 14.1. The minimum absolute atomic E-state index is 0.0101. The Morgan fingerprint density at radius 3 is 1.82 bits per heavy atom. The summed E-state index contributed by atoms with van der Waals surface area (Å²) in [7, 11) is -5.46. The van der Waals surface area contributed by atoms with E-state index in [-0.39, 0.29) is 12.6 Å². The maximum atomic E-state index is 12.7. The maximum Gasteiger partial charge on any atom is 0.242 e. The number of carbonyl (C=O) groups excluding carboxylic acids is 1. The summed E-state index contributed by atoms with van der Waals surface area (Å²) >= 11 is 0. The van der Waals surface area contributed by atoms with Gasteiger partial charge >= 0.3 is 0 Å². The number of amides is 1. The minimum Gasteiger partial charge on any atom is -0.393 e. The highest BCUT2D eigenvalue weighted by Crippen LogP contribution is 2.42. The van der Waals surface area contributed by atoms with Crippen molar-refractivity contribution in [2.75, 3.05) is 13.0 Å². The molecule has 0 radical (unpaired) electrons. The van der Waals surface area contributed by atoms with Crippen LogP contribution >= 0.6 is 0 Å². The molecule has 0 saturated carbocycles. The van der Waals surface area contributed by atoms with E-state index in [4.69, 9.17) is 4.43 Å². The van der Waals surface area contributed by atoms with Crippen molar-refractivity contribution in [3.8, 4) is 0 Å². The summed E-state index contributed by atoms with van der Waals surface area (Å²) < 4.78 is 31.0. The lowest BCUT2D eigenvalue weighted by molar-refractivity contribution is -0.163. The summed E-state index contributed by atoms with van der Waals surface area (Å²) in [5.74, 6) is -0.698. The number of hydrogen-bond donors (Lipinski definition) is 0. The zero-order valence-electron chi connectivity index (χ0n) is 16.7. The second-order valence-corrected chi connectivity index (χ2v) is 12.9. The molecule has 2 aromatic carbocycles. The highest BCUT2D eigenvalue weighted by Gasteiger charge is 2.57. The molecule has 1 aliphatic rings. The fourth-order valence-corrected chi connectivity index (χ4v) is 7.60. The van der Waals surface area contributed by atoms with Gasteiger partial charge in [0.05, 0.1) is 5.92 Å². The molecule has 1 aliphatic heterocycles. The van der Waals surface area contributed by atoms with Gasteiger partial charge in [-0.25, -0.2) is 8.42 Å². The quantitative estimate of drug-likeness (QED) is 0.526. The third kappa shape index (κ3) is 4.21. The van der Waals surface area contributed by atoms with E-state index in [0.29, 0.717) is 0 Å². The Balaban J connectivity index is 1.84. The van der Waals surface area contributed by atoms with Gasteiger partial charge in [-0.05, 0) is 15.8 Å². The van der Waals surface area contributed by atoms with E-state index >= 15 is 0 Å². The topological polar surface area (TPSA) is 63.7 Å². The molecule has 1 saturated heterocycles. The number of carbonyl (C=O) groups is 1. The molecular weight excluding hydrogens is 390 g/mol. The molecule has 2 atom stereocenters. The molecule has 2 unspecified atom stereocenters. The van der Waals surface area contributed by atoms with Crippen LogP contribution in [0, 0.1) is 11.3 Å². The van der Waals surface area contributed by atoms with E-state index in [9.17, 15) is 13.2 Å². The predicted molar refractivity (Wildman–Crippen MR) is 114 cm³/mol. The van der Waals surface area contributed by atoms with Gasteiger partial charge in [0.2, 0.25) is 14.9 Å². The van der Waals surface area contributed by atoms with Gasteiger partial charge in [0, 0.05) is 6.26 Å². The SMILES string of the molecule is CC(C)(C)C1C(=O)N(CO[SiH](c2ccccc2)c2ccccc2)C1S(C)(=O)=O. The summed E-state index contributed by atoms with van der Waals surface area (Å²) in [5, 5.41) is 1.34. The van der Waals surface area contributed by atoms with Crippen molar-refractivity contribution < 1.29 is 17.6 Å². The maximum absolute atomic E-state index is 12.7. The normalized spacial score (nSPS) is 20.3. The van der Waals surface area contributed by atoms with Gasteiger partial charge < -0.3 is 9.33 Å². The van der Waals surface area contributed by atoms with Crippen LogP contribution in [0.5, 0.6) is 0 Å². The number of sulfone groups is 1. The van der Waals surface area contributed by atoms with Crippen molar-refractivity contribution >= 4 is 35.2 Å². The van der Waals surface area contributed by atoms with E-state index in [1.165, 1.54) is 11.2 Å². The Kier molecular flexibility index (Phi) is 5.79. The van der Waals surface area contributed by atoms with Crippen molar-refractivity contribution in [3.05, 3.63) is 60.7 Å². The smallest absolute Gasteiger partial charge is 0.242 e. The fraction of sp³-hybridized carbons (Fsp3) is 0.381. The van der Waals surface area contributed by atoms with E-state index in [1.807, 2.05) is 81.4 Å². The number of benzene rings is 2. The highest BCUT2D eigenvalue weighted by atomic mass is 32.2. The lowest BCUT2D eigenvalue weighted by Gasteiger charge is -2.51. The monoisotopic (exact) mass is 417 g/mol. The Morgan fingerprint density at radius 1 is 0.964 bits per heavy atom. The van der Waals surface area contributed by atoms with Crippen LogP contribution in [0.25, 0.3) is 0 Å². The van der Waals surface area contributed by atoms with Crippen LogP contribution in [-0.4, -0.2) is 46.6 Å². The summed E-state index contributed by atoms with van der Waals surface area (Å²) in [6.45, 7) is 5.69. The first-order valence-corrected chi connectivity index (χ1v) is 12.9. The molecular formula is C21H27NO4SSi. The fourth-order valence-electron chi connectivity index (χ4n) is 3.73. The minimum atomic E-state index is -3.42. The van der Waals surface area contributed by atoms with Gasteiger partial charge in [-0.3, -0.25) is 4.79 Å². The molecule has 1 amide bonds. The Bertz CT molecular complexity index is 886. The van der Waals surface area contributed by atoms with Gasteiger partial charge in [0.25, 0.3) is 0 Å². The van der Waals surface area contributed by atoms with Gasteiger partial charge in [0.1, 0.15) is 12.1 Å². The van der Waals surface area contributed by atoms with Crippen LogP contribution in [0.15, 0.2) is 60.7 Å². The van der Waals surface area contributed by atoms with Crippen LogP contribution in [0.4, 0.5) is 0 Å². The van der Waals surface area contributed by atoms with Crippen molar-refractivity contribution in [1.82, 2.24) is 4.90 Å². The molecule has 0 spiro atoms. The van der Waals surface area contributed by atoms with Gasteiger partial charge in [-0.1, -0.05) is 81.4 Å². The highest BCUT2D eigenvalue weighted by molar-refractivity contribution is 7.91. The molecule has 150 valence electrons. The first kappa shape index (κ1) is 20.8. The predicted octanol–water partition coefficient (Wildman–Crippen LogP) is 1.37. The number of rotatable bonds is 6. The van der Waals surface area contributed by atoms with Crippen molar-refractivity contribution in [2.24, 2.45) is 11.3 Å². The number of nitrogens with zero attached hydrogens (tertiary/aromatic N) is 1. The molecule has 0 aromatic heterocycles.